The summed E-state index contributed by atoms with van der Waals surface area (Å²) >= 11 is 0. The second-order valence-electron chi connectivity index (χ2n) is 3.57. The van der Waals surface area contributed by atoms with Crippen LogP contribution in [0.25, 0.3) is 0 Å². The third-order valence-electron chi connectivity index (χ3n) is 2.47. The summed E-state index contributed by atoms with van der Waals surface area (Å²) in [6.45, 7) is 0. The minimum absolute atomic E-state index is 0.504. The van der Waals surface area contributed by atoms with Crippen LogP contribution >= 0.6 is 0 Å². The molecule has 2 rings (SSSR count). The van der Waals surface area contributed by atoms with Crippen molar-refractivity contribution in [3.8, 4) is 0 Å². The molecule has 0 radical (unpaired) electrons. The first-order valence-electron chi connectivity index (χ1n) is 5.07. The smallest absolute Gasteiger partial charge is 0.0879 e. The second kappa shape index (κ2) is 4.43. The highest BCUT2D eigenvalue weighted by molar-refractivity contribution is 5.03. The maximum Gasteiger partial charge on any atom is 0.0879 e. The lowest BCUT2D eigenvalue weighted by Crippen LogP contribution is -1.90. The van der Waals surface area contributed by atoms with Crippen molar-refractivity contribution in [1.82, 2.24) is 0 Å². The Morgan fingerprint density at radius 3 is 1.69 bits per heavy atom. The van der Waals surface area contributed by atoms with Gasteiger partial charge in [-0.2, -0.15) is 0 Å². The van der Waals surface area contributed by atoms with Crippen molar-refractivity contribution >= 4 is 0 Å². The van der Waals surface area contributed by atoms with Gasteiger partial charge in [0.05, 0.1) is 12.2 Å². The number of fused-ring (bicyclic) bond motifs is 1. The van der Waals surface area contributed by atoms with E-state index in [2.05, 4.69) is 36.5 Å². The van der Waals surface area contributed by atoms with E-state index in [0.717, 1.165) is 25.7 Å². The Morgan fingerprint density at radius 1 is 0.692 bits per heavy atom. The zero-order valence-electron chi connectivity index (χ0n) is 7.86. The van der Waals surface area contributed by atoms with Crippen LogP contribution in [0.1, 0.15) is 25.7 Å². The standard InChI is InChI=1S/C12H16O/c1-2-4-6-8-10-12-11(13-12)9-7-5-3-1/h1-2,5-8,11-12H,3-4,9-10H2/b2-1-,7-5-,8-6-/t11-,12+. The molecule has 0 aromatic heterocycles. The van der Waals surface area contributed by atoms with Crippen LogP contribution in [-0.2, 0) is 4.74 Å². The van der Waals surface area contributed by atoms with E-state index in [-0.39, 0.29) is 0 Å². The predicted octanol–water partition coefficient (Wildman–Crippen LogP) is 3.00. The first kappa shape index (κ1) is 8.76. The van der Waals surface area contributed by atoms with Gasteiger partial charge in [0.25, 0.3) is 0 Å². The summed E-state index contributed by atoms with van der Waals surface area (Å²) in [5, 5.41) is 0. The van der Waals surface area contributed by atoms with E-state index in [1.807, 2.05) is 0 Å². The van der Waals surface area contributed by atoms with Gasteiger partial charge in [-0.1, -0.05) is 36.5 Å². The van der Waals surface area contributed by atoms with Crippen LogP contribution in [0.2, 0.25) is 0 Å². The summed E-state index contributed by atoms with van der Waals surface area (Å²) in [6.07, 6.45) is 18.7. The van der Waals surface area contributed by atoms with Crippen LogP contribution in [-0.4, -0.2) is 12.2 Å². The number of epoxide rings is 1. The Bertz CT molecular complexity index is 214. The van der Waals surface area contributed by atoms with Gasteiger partial charge in [-0.3, -0.25) is 0 Å². The molecule has 70 valence electrons. The van der Waals surface area contributed by atoms with E-state index in [9.17, 15) is 0 Å². The molecule has 1 aliphatic carbocycles. The summed E-state index contributed by atoms with van der Waals surface area (Å²) in [5.74, 6) is 0. The van der Waals surface area contributed by atoms with Crippen LogP contribution in [0.5, 0.6) is 0 Å². The number of rotatable bonds is 0. The van der Waals surface area contributed by atoms with E-state index >= 15 is 0 Å². The van der Waals surface area contributed by atoms with Crippen LogP contribution < -0.4 is 0 Å². The molecule has 0 aromatic carbocycles. The Labute approximate surface area is 79.8 Å². The zero-order valence-corrected chi connectivity index (χ0v) is 7.86. The first-order valence-corrected chi connectivity index (χ1v) is 5.07. The third-order valence-corrected chi connectivity index (χ3v) is 2.47. The van der Waals surface area contributed by atoms with Crippen molar-refractivity contribution in [3.05, 3.63) is 36.5 Å². The average Bonchev–Trinajstić information content (AvgIpc) is 2.83. The minimum atomic E-state index is 0.504. The molecule has 0 unspecified atom stereocenters. The summed E-state index contributed by atoms with van der Waals surface area (Å²) < 4.78 is 5.51. The van der Waals surface area contributed by atoms with Crippen molar-refractivity contribution in [2.24, 2.45) is 0 Å². The molecule has 2 aliphatic rings. The van der Waals surface area contributed by atoms with E-state index < -0.39 is 0 Å². The van der Waals surface area contributed by atoms with Crippen LogP contribution in [0, 0.1) is 0 Å². The number of allylic oxidation sites excluding steroid dienone is 4. The molecule has 0 spiro atoms. The predicted molar refractivity (Wildman–Crippen MR) is 54.5 cm³/mol. The monoisotopic (exact) mass is 176 g/mol. The molecule has 0 N–H and O–H groups in total. The Hall–Kier alpha value is -0.820. The quantitative estimate of drug-likeness (QED) is 0.408. The fourth-order valence-corrected chi connectivity index (χ4v) is 1.60. The summed E-state index contributed by atoms with van der Waals surface area (Å²) in [6, 6.07) is 0. The molecule has 0 aromatic rings. The van der Waals surface area contributed by atoms with Crippen LogP contribution in [0.15, 0.2) is 36.5 Å². The van der Waals surface area contributed by atoms with Crippen molar-refractivity contribution < 1.29 is 4.74 Å². The molecule has 0 saturated carbocycles. The molecule has 13 heavy (non-hydrogen) atoms. The minimum Gasteiger partial charge on any atom is -0.369 e. The van der Waals surface area contributed by atoms with Crippen molar-refractivity contribution in [2.45, 2.75) is 37.9 Å². The fraction of sp³-hybridized carbons (Fsp3) is 0.500. The van der Waals surface area contributed by atoms with Crippen LogP contribution in [0.4, 0.5) is 0 Å². The third kappa shape index (κ3) is 2.85. The van der Waals surface area contributed by atoms with E-state index in [0.29, 0.717) is 12.2 Å². The molecule has 1 fully saturated rings. The largest absolute Gasteiger partial charge is 0.369 e. The van der Waals surface area contributed by atoms with Crippen molar-refractivity contribution in [3.63, 3.8) is 0 Å². The maximum atomic E-state index is 5.51. The lowest BCUT2D eigenvalue weighted by atomic mass is 10.1. The molecule has 1 saturated heterocycles. The van der Waals surface area contributed by atoms with Gasteiger partial charge in [-0.05, 0) is 25.7 Å². The van der Waals surface area contributed by atoms with E-state index in [1.54, 1.807) is 0 Å². The Kier molecular flexibility index (Phi) is 2.98. The van der Waals surface area contributed by atoms with Crippen LogP contribution in [0.3, 0.4) is 0 Å². The molecule has 1 heteroatoms. The van der Waals surface area contributed by atoms with Gasteiger partial charge in [-0.15, -0.1) is 0 Å². The lowest BCUT2D eigenvalue weighted by molar-refractivity contribution is 0.372. The molecular formula is C12H16O. The van der Waals surface area contributed by atoms with Gasteiger partial charge in [0.2, 0.25) is 0 Å². The molecule has 0 amide bonds. The fourth-order valence-electron chi connectivity index (χ4n) is 1.60. The van der Waals surface area contributed by atoms with Gasteiger partial charge in [-0.25, -0.2) is 0 Å². The van der Waals surface area contributed by atoms with Gasteiger partial charge >= 0.3 is 0 Å². The van der Waals surface area contributed by atoms with Gasteiger partial charge in [0, 0.05) is 0 Å². The molecular weight excluding hydrogens is 160 g/mol. The maximum absolute atomic E-state index is 5.51. The molecule has 0 bridgehead atoms. The highest BCUT2D eigenvalue weighted by Gasteiger charge is 2.35. The number of hydrogen-bond acceptors (Lipinski definition) is 1. The molecule has 1 heterocycles. The van der Waals surface area contributed by atoms with Gasteiger partial charge in [0.1, 0.15) is 0 Å². The Balaban J connectivity index is 1.88. The van der Waals surface area contributed by atoms with Gasteiger partial charge in [0.15, 0.2) is 0 Å². The highest BCUT2D eigenvalue weighted by atomic mass is 16.6. The number of ether oxygens (including phenoxy) is 1. The van der Waals surface area contributed by atoms with E-state index in [1.165, 1.54) is 0 Å². The lowest BCUT2D eigenvalue weighted by Gasteiger charge is -1.89. The molecule has 2 atom stereocenters. The Morgan fingerprint density at radius 2 is 1.15 bits per heavy atom. The SMILES string of the molecule is C1=C\C/C=C\C[C@H]2O[C@H]2C/C=C\C/1. The summed E-state index contributed by atoms with van der Waals surface area (Å²) in [7, 11) is 0. The summed E-state index contributed by atoms with van der Waals surface area (Å²) in [4.78, 5) is 0. The average molecular weight is 176 g/mol. The zero-order chi connectivity index (χ0) is 8.93. The normalized spacial score (nSPS) is 40.6. The molecule has 1 nitrogen and oxygen atoms in total. The van der Waals surface area contributed by atoms with E-state index in [4.69, 9.17) is 4.74 Å². The highest BCUT2D eigenvalue weighted by Crippen LogP contribution is 2.29. The summed E-state index contributed by atoms with van der Waals surface area (Å²) in [5.41, 5.74) is 0. The number of hydrogen-bond donors (Lipinski definition) is 0. The van der Waals surface area contributed by atoms with Crippen molar-refractivity contribution in [1.29, 1.82) is 0 Å². The van der Waals surface area contributed by atoms with Crippen molar-refractivity contribution in [2.75, 3.05) is 0 Å². The van der Waals surface area contributed by atoms with Gasteiger partial charge < -0.3 is 4.74 Å². The second-order valence-corrected chi connectivity index (χ2v) is 3.57. The topological polar surface area (TPSA) is 12.5 Å². The molecule has 1 aliphatic heterocycles. The first-order chi connectivity index (χ1) is 6.47.